The molecule has 1 saturated heterocycles. The van der Waals surface area contributed by atoms with Gasteiger partial charge < -0.3 is 9.64 Å². The Morgan fingerprint density at radius 1 is 1.38 bits per heavy atom. The molecule has 2 heterocycles. The summed E-state index contributed by atoms with van der Waals surface area (Å²) in [5.41, 5.74) is 1.45. The summed E-state index contributed by atoms with van der Waals surface area (Å²) in [7, 11) is 0. The molecule has 1 aliphatic rings. The fourth-order valence-corrected chi connectivity index (χ4v) is 2.90. The van der Waals surface area contributed by atoms with Crippen LogP contribution in [0, 0.1) is 5.82 Å². The number of nitrogens with zero attached hydrogens (tertiary/aromatic N) is 3. The number of rotatable bonds is 3. The van der Waals surface area contributed by atoms with E-state index in [9.17, 15) is 9.18 Å². The average Bonchev–Trinajstić information content (AvgIpc) is 2.61. The minimum Gasteiger partial charge on any atom is -0.377 e. The van der Waals surface area contributed by atoms with Crippen molar-refractivity contribution in [3.8, 4) is 11.4 Å². The lowest BCUT2D eigenvalue weighted by molar-refractivity contribution is -0.134. The third-order valence-corrected chi connectivity index (χ3v) is 3.99. The zero-order valence-electron chi connectivity index (χ0n) is 12.8. The van der Waals surface area contributed by atoms with Gasteiger partial charge in [-0.1, -0.05) is 18.2 Å². The van der Waals surface area contributed by atoms with E-state index in [1.165, 1.54) is 6.08 Å². The van der Waals surface area contributed by atoms with Gasteiger partial charge >= 0.3 is 0 Å². The fourth-order valence-electron chi connectivity index (χ4n) is 2.66. The lowest BCUT2D eigenvalue weighted by Gasteiger charge is -2.35. The molecule has 0 spiro atoms. The zero-order chi connectivity index (χ0) is 17.1. The van der Waals surface area contributed by atoms with Gasteiger partial charge in [0.05, 0.1) is 31.6 Å². The molecule has 0 aliphatic carbocycles. The summed E-state index contributed by atoms with van der Waals surface area (Å²) in [6.45, 7) is 4.86. The molecule has 124 valence electrons. The lowest BCUT2D eigenvalue weighted by Crippen LogP contribution is -2.42. The van der Waals surface area contributed by atoms with Gasteiger partial charge in [0, 0.05) is 17.1 Å². The van der Waals surface area contributed by atoms with Crippen LogP contribution in [0.15, 0.2) is 43.2 Å². The van der Waals surface area contributed by atoms with Gasteiger partial charge in [-0.25, -0.2) is 14.4 Å². The largest absolute Gasteiger partial charge is 0.377 e. The van der Waals surface area contributed by atoms with Crippen molar-refractivity contribution in [3.05, 3.63) is 59.7 Å². The molecule has 1 aromatic carbocycles. The first-order valence-electron chi connectivity index (χ1n) is 7.37. The lowest BCUT2D eigenvalue weighted by atomic mass is 10.0. The quantitative estimate of drug-likeness (QED) is 0.801. The Kier molecular flexibility index (Phi) is 4.87. The fraction of sp³-hybridized carbons (Fsp3) is 0.235. The smallest absolute Gasteiger partial charge is 0.246 e. The van der Waals surface area contributed by atoms with E-state index in [2.05, 4.69) is 16.5 Å². The highest BCUT2D eigenvalue weighted by atomic mass is 35.5. The van der Waals surface area contributed by atoms with Crippen LogP contribution in [0.1, 0.15) is 11.6 Å². The number of amides is 1. The van der Waals surface area contributed by atoms with Crippen molar-refractivity contribution in [2.75, 3.05) is 19.8 Å². The van der Waals surface area contributed by atoms with Crippen LogP contribution in [0.25, 0.3) is 11.4 Å². The number of hydrogen-bond donors (Lipinski definition) is 0. The maximum atomic E-state index is 13.0. The Bertz CT molecular complexity index is 767. The molecule has 0 N–H and O–H groups in total. The molecule has 1 amide bonds. The number of carbonyl (C=O) groups is 1. The van der Waals surface area contributed by atoms with Crippen LogP contribution in [0.4, 0.5) is 4.39 Å². The second kappa shape index (κ2) is 7.07. The molecule has 0 saturated carbocycles. The molecule has 1 atom stereocenters. The molecule has 1 aliphatic heterocycles. The molecule has 24 heavy (non-hydrogen) atoms. The standard InChI is InChI=1S/C17H15ClFN3O2/c1-2-16(23)22-3-4-24-10-15(22)11-5-12(7-13(18)6-11)17-20-8-14(19)9-21-17/h2,5-9,15H,1,3-4,10H2/t15-/m0/s1. The first-order valence-corrected chi connectivity index (χ1v) is 7.75. The number of hydrogen-bond acceptors (Lipinski definition) is 4. The van der Waals surface area contributed by atoms with Gasteiger partial charge in [-0.3, -0.25) is 4.79 Å². The summed E-state index contributed by atoms with van der Waals surface area (Å²) in [6, 6.07) is 5.03. The predicted octanol–water partition coefficient (Wildman–Crippen LogP) is 3.02. The van der Waals surface area contributed by atoms with Gasteiger partial charge in [0.2, 0.25) is 5.91 Å². The van der Waals surface area contributed by atoms with Gasteiger partial charge in [-0.05, 0) is 29.8 Å². The predicted molar refractivity (Wildman–Crippen MR) is 87.9 cm³/mol. The summed E-state index contributed by atoms with van der Waals surface area (Å²) in [4.78, 5) is 21.7. The zero-order valence-corrected chi connectivity index (χ0v) is 13.5. The molecule has 7 heteroatoms. The van der Waals surface area contributed by atoms with Crippen LogP contribution in [0.5, 0.6) is 0 Å². The normalized spacial score (nSPS) is 17.6. The van der Waals surface area contributed by atoms with Crippen molar-refractivity contribution < 1.29 is 13.9 Å². The maximum Gasteiger partial charge on any atom is 0.246 e. The van der Waals surface area contributed by atoms with Crippen molar-refractivity contribution in [1.82, 2.24) is 14.9 Å². The number of ether oxygens (including phenoxy) is 1. The molecular formula is C17H15ClFN3O2. The Morgan fingerprint density at radius 3 is 2.83 bits per heavy atom. The average molecular weight is 348 g/mol. The van der Waals surface area contributed by atoms with Crippen LogP contribution in [-0.2, 0) is 9.53 Å². The van der Waals surface area contributed by atoms with Crippen LogP contribution in [-0.4, -0.2) is 40.5 Å². The molecule has 1 aromatic heterocycles. The van der Waals surface area contributed by atoms with Gasteiger partial charge in [0.15, 0.2) is 11.6 Å². The van der Waals surface area contributed by atoms with Crippen LogP contribution < -0.4 is 0 Å². The highest BCUT2D eigenvalue weighted by molar-refractivity contribution is 6.30. The maximum absolute atomic E-state index is 13.0. The number of halogens is 2. The van der Waals surface area contributed by atoms with Gasteiger partial charge in [-0.15, -0.1) is 0 Å². The number of aromatic nitrogens is 2. The molecule has 1 fully saturated rings. The Hall–Kier alpha value is -2.31. The third-order valence-electron chi connectivity index (χ3n) is 3.77. The first kappa shape index (κ1) is 16.5. The summed E-state index contributed by atoms with van der Waals surface area (Å²) < 4.78 is 18.5. The van der Waals surface area contributed by atoms with Crippen LogP contribution >= 0.6 is 11.6 Å². The van der Waals surface area contributed by atoms with Crippen LogP contribution in [0.2, 0.25) is 5.02 Å². The molecule has 0 radical (unpaired) electrons. The van der Waals surface area contributed by atoms with Gasteiger partial charge in [0.25, 0.3) is 0 Å². The van der Waals surface area contributed by atoms with E-state index in [0.29, 0.717) is 36.2 Å². The molecule has 0 unspecified atom stereocenters. The minimum absolute atomic E-state index is 0.164. The first-order chi connectivity index (χ1) is 11.6. The Labute approximate surface area is 143 Å². The summed E-state index contributed by atoms with van der Waals surface area (Å²) >= 11 is 6.22. The Balaban J connectivity index is 1.99. The molecule has 2 aromatic rings. The van der Waals surface area contributed by atoms with Crippen molar-refractivity contribution in [2.24, 2.45) is 0 Å². The Morgan fingerprint density at radius 2 is 2.12 bits per heavy atom. The van der Waals surface area contributed by atoms with E-state index >= 15 is 0 Å². The van der Waals surface area contributed by atoms with E-state index in [0.717, 1.165) is 18.0 Å². The van der Waals surface area contributed by atoms with Crippen molar-refractivity contribution in [1.29, 1.82) is 0 Å². The van der Waals surface area contributed by atoms with Gasteiger partial charge in [0.1, 0.15) is 0 Å². The van der Waals surface area contributed by atoms with E-state index in [4.69, 9.17) is 16.3 Å². The van der Waals surface area contributed by atoms with E-state index < -0.39 is 5.82 Å². The molecule has 5 nitrogen and oxygen atoms in total. The highest BCUT2D eigenvalue weighted by Crippen LogP contribution is 2.30. The van der Waals surface area contributed by atoms with Gasteiger partial charge in [-0.2, -0.15) is 0 Å². The van der Waals surface area contributed by atoms with Crippen molar-refractivity contribution in [2.45, 2.75) is 6.04 Å². The monoisotopic (exact) mass is 347 g/mol. The summed E-state index contributed by atoms with van der Waals surface area (Å²) in [6.07, 6.45) is 3.48. The minimum atomic E-state index is -0.510. The summed E-state index contributed by atoms with van der Waals surface area (Å²) in [5.74, 6) is -0.314. The second-order valence-corrected chi connectivity index (χ2v) is 5.76. The molecule has 3 rings (SSSR count). The highest BCUT2D eigenvalue weighted by Gasteiger charge is 2.28. The third kappa shape index (κ3) is 3.44. The number of benzene rings is 1. The molecule has 0 bridgehead atoms. The number of morpholine rings is 1. The topological polar surface area (TPSA) is 55.3 Å². The SMILES string of the molecule is C=CC(=O)N1CCOC[C@H]1c1cc(Cl)cc(-c2ncc(F)cn2)c1. The second-order valence-electron chi connectivity index (χ2n) is 5.32. The van der Waals surface area contributed by atoms with Crippen molar-refractivity contribution in [3.63, 3.8) is 0 Å². The van der Waals surface area contributed by atoms with Crippen LogP contribution in [0.3, 0.4) is 0 Å². The van der Waals surface area contributed by atoms with E-state index in [-0.39, 0.29) is 11.9 Å². The molecular weight excluding hydrogens is 333 g/mol. The van der Waals surface area contributed by atoms with E-state index in [1.54, 1.807) is 17.0 Å². The van der Waals surface area contributed by atoms with E-state index in [1.807, 2.05) is 6.07 Å². The number of carbonyl (C=O) groups excluding carboxylic acids is 1. The van der Waals surface area contributed by atoms with Crippen molar-refractivity contribution >= 4 is 17.5 Å². The summed E-state index contributed by atoms with van der Waals surface area (Å²) in [5, 5.41) is 0.479.